The second kappa shape index (κ2) is 4.21. The summed E-state index contributed by atoms with van der Waals surface area (Å²) < 4.78 is 71.2. The molecule has 0 saturated heterocycles. The maximum Gasteiger partial charge on any atom is 0.419 e. The van der Waals surface area contributed by atoms with Crippen LogP contribution in [-0.2, 0) is 21.0 Å². The number of rotatable bonds is 2. The van der Waals surface area contributed by atoms with Gasteiger partial charge >= 0.3 is 6.18 Å². The molecule has 0 aliphatic rings. The highest BCUT2D eigenvalue weighted by Gasteiger charge is 2.35. The van der Waals surface area contributed by atoms with Crippen molar-refractivity contribution in [2.75, 3.05) is 0 Å². The summed E-state index contributed by atoms with van der Waals surface area (Å²) >= 11 is 0. The van der Waals surface area contributed by atoms with Crippen molar-refractivity contribution in [2.45, 2.75) is 11.9 Å². The Kier molecular flexibility index (Phi) is 3.49. The molecule has 1 aromatic carbocycles. The van der Waals surface area contributed by atoms with Crippen LogP contribution in [0.2, 0.25) is 0 Å². The fourth-order valence-corrected chi connectivity index (χ4v) is 2.04. The Balaban J connectivity index is 3.25. The molecule has 1 aromatic rings. The zero-order valence-corrected chi connectivity index (χ0v) is 9.13. The molecular weight excluding hydrogens is 272 g/mol. The van der Waals surface area contributed by atoms with Crippen molar-refractivity contribution in [3.63, 3.8) is 0 Å². The first-order chi connectivity index (χ1) is 7.11. The number of benzene rings is 1. The molecule has 0 fully saturated rings. The van der Waals surface area contributed by atoms with Gasteiger partial charge in [-0.2, -0.15) is 13.2 Å². The first-order valence-electron chi connectivity index (χ1n) is 3.88. The SMILES string of the molecule is O=S(=O)(Cl)Cc1cccc(C(F)(F)F)c1F. The third-order valence-electron chi connectivity index (χ3n) is 1.71. The molecule has 90 valence electrons. The van der Waals surface area contributed by atoms with Crippen LogP contribution in [0.5, 0.6) is 0 Å². The molecule has 0 radical (unpaired) electrons. The average molecular weight is 277 g/mol. The van der Waals surface area contributed by atoms with Crippen LogP contribution < -0.4 is 0 Å². The van der Waals surface area contributed by atoms with Crippen molar-refractivity contribution in [1.82, 2.24) is 0 Å². The van der Waals surface area contributed by atoms with E-state index in [1.807, 2.05) is 0 Å². The molecule has 2 nitrogen and oxygen atoms in total. The molecule has 1 rings (SSSR count). The predicted molar refractivity (Wildman–Crippen MR) is 49.9 cm³/mol. The first-order valence-corrected chi connectivity index (χ1v) is 6.36. The molecule has 0 aliphatic carbocycles. The van der Waals surface area contributed by atoms with Gasteiger partial charge in [0.2, 0.25) is 9.05 Å². The third-order valence-corrected chi connectivity index (χ3v) is 2.70. The van der Waals surface area contributed by atoms with Crippen molar-refractivity contribution in [2.24, 2.45) is 0 Å². The van der Waals surface area contributed by atoms with Crippen molar-refractivity contribution in [3.05, 3.63) is 35.1 Å². The van der Waals surface area contributed by atoms with Crippen molar-refractivity contribution in [1.29, 1.82) is 0 Å². The van der Waals surface area contributed by atoms with E-state index in [2.05, 4.69) is 0 Å². The Morgan fingerprint density at radius 1 is 1.25 bits per heavy atom. The topological polar surface area (TPSA) is 34.1 Å². The molecule has 8 heteroatoms. The summed E-state index contributed by atoms with van der Waals surface area (Å²) in [6.45, 7) is 0. The van der Waals surface area contributed by atoms with E-state index in [1.165, 1.54) is 0 Å². The predicted octanol–water partition coefficient (Wildman–Crippen LogP) is 2.91. The van der Waals surface area contributed by atoms with Crippen molar-refractivity contribution >= 4 is 19.7 Å². The quantitative estimate of drug-likeness (QED) is 0.615. The van der Waals surface area contributed by atoms with Gasteiger partial charge in [-0.25, -0.2) is 12.8 Å². The molecule has 0 N–H and O–H groups in total. The van der Waals surface area contributed by atoms with E-state index in [1.54, 1.807) is 0 Å². The van der Waals surface area contributed by atoms with Gasteiger partial charge in [-0.15, -0.1) is 0 Å². The summed E-state index contributed by atoms with van der Waals surface area (Å²) in [5.41, 5.74) is -2.12. The summed E-state index contributed by atoms with van der Waals surface area (Å²) in [6, 6.07) is 2.38. The summed E-state index contributed by atoms with van der Waals surface area (Å²) in [5, 5.41) is 0. The maximum absolute atomic E-state index is 13.3. The minimum atomic E-state index is -4.86. The highest BCUT2D eigenvalue weighted by atomic mass is 35.7. The molecule has 0 aromatic heterocycles. The smallest absolute Gasteiger partial charge is 0.212 e. The van der Waals surface area contributed by atoms with Gasteiger partial charge in [0.1, 0.15) is 5.82 Å². The summed E-state index contributed by atoms with van der Waals surface area (Å²) in [7, 11) is 0.734. The Morgan fingerprint density at radius 2 is 1.81 bits per heavy atom. The first kappa shape index (κ1) is 13.2. The van der Waals surface area contributed by atoms with Gasteiger partial charge < -0.3 is 0 Å². The fourth-order valence-electron chi connectivity index (χ4n) is 1.10. The lowest BCUT2D eigenvalue weighted by Crippen LogP contribution is -2.10. The Labute approximate surface area is 93.3 Å². The minimum absolute atomic E-state index is 0.527. The van der Waals surface area contributed by atoms with Gasteiger partial charge in [0.25, 0.3) is 0 Å². The lowest BCUT2D eigenvalue weighted by molar-refractivity contribution is -0.140. The molecule has 0 heterocycles. The normalized spacial score (nSPS) is 12.8. The molecule has 0 saturated carbocycles. The van der Waals surface area contributed by atoms with Crippen LogP contribution in [0.4, 0.5) is 17.6 Å². The summed E-state index contributed by atoms with van der Waals surface area (Å²) in [6.07, 6.45) is -4.86. The third kappa shape index (κ3) is 3.34. The number of alkyl halides is 3. The standard InChI is InChI=1S/C8H5ClF4O2S/c9-16(14,15)4-5-2-1-3-6(7(5)10)8(11,12)13/h1-3H,4H2. The second-order valence-corrected chi connectivity index (χ2v) is 5.74. The van der Waals surface area contributed by atoms with Crippen molar-refractivity contribution < 1.29 is 26.0 Å². The van der Waals surface area contributed by atoms with Gasteiger partial charge in [-0.3, -0.25) is 0 Å². The zero-order valence-electron chi connectivity index (χ0n) is 7.55. The minimum Gasteiger partial charge on any atom is -0.212 e. The highest BCUT2D eigenvalue weighted by Crippen LogP contribution is 2.32. The van der Waals surface area contributed by atoms with E-state index in [0.29, 0.717) is 6.07 Å². The van der Waals surface area contributed by atoms with Crippen molar-refractivity contribution in [3.8, 4) is 0 Å². The number of hydrogen-bond donors (Lipinski definition) is 0. The molecule has 16 heavy (non-hydrogen) atoms. The molecule has 0 spiro atoms. The van der Waals surface area contributed by atoms with Gasteiger partial charge in [-0.05, 0) is 6.07 Å². The Morgan fingerprint density at radius 3 is 2.25 bits per heavy atom. The highest BCUT2D eigenvalue weighted by molar-refractivity contribution is 8.13. The van der Waals surface area contributed by atoms with E-state index in [-0.39, 0.29) is 0 Å². The monoisotopic (exact) mass is 276 g/mol. The number of hydrogen-bond acceptors (Lipinski definition) is 2. The molecule has 0 atom stereocenters. The lowest BCUT2D eigenvalue weighted by Gasteiger charge is -2.10. The summed E-state index contributed by atoms with van der Waals surface area (Å²) in [4.78, 5) is 0. The van der Waals surface area contributed by atoms with Gasteiger partial charge in [0.05, 0.1) is 11.3 Å². The fraction of sp³-hybridized carbons (Fsp3) is 0.250. The van der Waals surface area contributed by atoms with E-state index in [0.717, 1.165) is 12.1 Å². The molecule has 0 amide bonds. The van der Waals surface area contributed by atoms with Crippen LogP contribution in [0.3, 0.4) is 0 Å². The van der Waals surface area contributed by atoms with Crippen LogP contribution >= 0.6 is 10.7 Å². The van der Waals surface area contributed by atoms with Crippen LogP contribution in [-0.4, -0.2) is 8.42 Å². The van der Waals surface area contributed by atoms with Crippen LogP contribution in [0.25, 0.3) is 0 Å². The largest absolute Gasteiger partial charge is 0.419 e. The van der Waals surface area contributed by atoms with E-state index >= 15 is 0 Å². The van der Waals surface area contributed by atoms with E-state index < -0.39 is 37.9 Å². The van der Waals surface area contributed by atoms with Crippen LogP contribution in [0, 0.1) is 5.82 Å². The van der Waals surface area contributed by atoms with Gasteiger partial charge in [0, 0.05) is 16.2 Å². The molecule has 0 unspecified atom stereocenters. The lowest BCUT2D eigenvalue weighted by atomic mass is 10.1. The number of halogens is 5. The summed E-state index contributed by atoms with van der Waals surface area (Å²) in [5.74, 6) is -2.59. The average Bonchev–Trinajstić information content (AvgIpc) is 2.04. The van der Waals surface area contributed by atoms with Crippen LogP contribution in [0.15, 0.2) is 18.2 Å². The Bertz CT molecular complexity index is 495. The maximum atomic E-state index is 13.3. The van der Waals surface area contributed by atoms with Crippen LogP contribution in [0.1, 0.15) is 11.1 Å². The Hall–Kier alpha value is -0.820. The van der Waals surface area contributed by atoms with E-state index in [9.17, 15) is 26.0 Å². The molecule has 0 aliphatic heterocycles. The van der Waals surface area contributed by atoms with Gasteiger partial charge in [-0.1, -0.05) is 12.1 Å². The molecular formula is C8H5ClF4O2S. The second-order valence-electron chi connectivity index (χ2n) is 2.96. The zero-order chi connectivity index (χ0) is 12.6. The molecule has 0 bridgehead atoms. The van der Waals surface area contributed by atoms with E-state index in [4.69, 9.17) is 10.7 Å². The van der Waals surface area contributed by atoms with Gasteiger partial charge in [0.15, 0.2) is 0 Å².